The van der Waals surface area contributed by atoms with Crippen molar-refractivity contribution in [3.05, 3.63) is 40.3 Å². The van der Waals surface area contributed by atoms with Crippen LogP contribution in [0.5, 0.6) is 11.5 Å². The lowest BCUT2D eigenvalue weighted by Crippen LogP contribution is -2.25. The summed E-state index contributed by atoms with van der Waals surface area (Å²) < 4.78 is 10.4. The van der Waals surface area contributed by atoms with Crippen LogP contribution in [0.3, 0.4) is 0 Å². The highest BCUT2D eigenvalue weighted by molar-refractivity contribution is 8.00. The lowest BCUT2D eigenvalue weighted by molar-refractivity contribution is -0.115. The molecule has 0 bridgehead atoms. The molecule has 0 saturated carbocycles. The molecular formula is C18H23N3O4S. The molecule has 2 aromatic rings. The second-order valence-corrected chi connectivity index (χ2v) is 6.66. The number of ether oxygens (including phenoxy) is 2. The van der Waals surface area contributed by atoms with Gasteiger partial charge in [0.2, 0.25) is 5.91 Å². The molecule has 1 unspecified atom stereocenters. The summed E-state index contributed by atoms with van der Waals surface area (Å²) in [5.74, 6) is 0.951. The summed E-state index contributed by atoms with van der Waals surface area (Å²) >= 11 is 1.24. The Morgan fingerprint density at radius 2 is 1.96 bits per heavy atom. The zero-order chi connectivity index (χ0) is 19.1. The first-order valence-corrected chi connectivity index (χ1v) is 9.18. The van der Waals surface area contributed by atoms with Gasteiger partial charge in [0.25, 0.3) is 5.56 Å². The number of aryl methyl sites for hydroxylation is 1. The maximum Gasteiger partial charge on any atom is 0.251 e. The number of hydrogen-bond donors (Lipinski definition) is 2. The highest BCUT2D eigenvalue weighted by atomic mass is 32.2. The maximum absolute atomic E-state index is 12.6. The molecule has 0 aliphatic rings. The van der Waals surface area contributed by atoms with Gasteiger partial charge in [-0.25, -0.2) is 4.98 Å². The van der Waals surface area contributed by atoms with Crippen LogP contribution in [0.25, 0.3) is 0 Å². The lowest BCUT2D eigenvalue weighted by Gasteiger charge is -2.15. The number of H-pyrrole nitrogens is 1. The third kappa shape index (κ3) is 5.01. The van der Waals surface area contributed by atoms with Crippen molar-refractivity contribution >= 4 is 23.4 Å². The summed E-state index contributed by atoms with van der Waals surface area (Å²) in [5, 5.41) is 2.92. The minimum atomic E-state index is -0.390. The Hall–Kier alpha value is -2.48. The second-order valence-electron chi connectivity index (χ2n) is 5.47. The fourth-order valence-electron chi connectivity index (χ4n) is 2.31. The molecule has 1 heterocycles. The molecule has 1 atom stereocenters. The molecule has 2 rings (SSSR count). The fourth-order valence-corrected chi connectivity index (χ4v) is 3.25. The van der Waals surface area contributed by atoms with Crippen LogP contribution in [0.2, 0.25) is 0 Å². The molecule has 0 fully saturated rings. The van der Waals surface area contributed by atoms with Crippen LogP contribution in [-0.2, 0) is 11.2 Å². The van der Waals surface area contributed by atoms with Gasteiger partial charge in [-0.1, -0.05) is 25.6 Å². The van der Waals surface area contributed by atoms with E-state index >= 15 is 0 Å². The van der Waals surface area contributed by atoms with Crippen molar-refractivity contribution in [3.63, 3.8) is 0 Å². The molecule has 1 aromatic heterocycles. The van der Waals surface area contributed by atoms with Crippen molar-refractivity contribution in [2.75, 3.05) is 19.5 Å². The Balaban J connectivity index is 2.14. The standard InChI is InChI=1S/C18H23N3O4S/c1-5-11-10-16(22)21-18(20-11)26-15(6-2)17(23)19-12-7-8-13(24-3)14(9-12)25-4/h7-10,15H,5-6H2,1-4H3,(H,19,23)(H,20,21,22). The number of nitrogens with one attached hydrogen (secondary N) is 2. The van der Waals surface area contributed by atoms with E-state index in [2.05, 4.69) is 15.3 Å². The molecule has 140 valence electrons. The molecule has 7 nitrogen and oxygen atoms in total. The van der Waals surface area contributed by atoms with Crippen molar-refractivity contribution in [3.8, 4) is 11.5 Å². The van der Waals surface area contributed by atoms with Gasteiger partial charge in [0.15, 0.2) is 16.7 Å². The third-order valence-electron chi connectivity index (χ3n) is 3.70. The summed E-state index contributed by atoms with van der Waals surface area (Å²) in [6.45, 7) is 3.84. The first-order valence-electron chi connectivity index (χ1n) is 8.30. The van der Waals surface area contributed by atoms with Gasteiger partial charge in [-0.15, -0.1) is 0 Å². The van der Waals surface area contributed by atoms with Crippen LogP contribution in [0.1, 0.15) is 26.0 Å². The Labute approximate surface area is 156 Å². The smallest absolute Gasteiger partial charge is 0.251 e. The molecule has 2 N–H and O–H groups in total. The fraction of sp³-hybridized carbons (Fsp3) is 0.389. The third-order valence-corrected chi connectivity index (χ3v) is 4.95. The average molecular weight is 377 g/mol. The van der Waals surface area contributed by atoms with E-state index < -0.39 is 5.25 Å². The Bertz CT molecular complexity index is 822. The minimum absolute atomic E-state index is 0.172. The van der Waals surface area contributed by atoms with Gasteiger partial charge in [-0.05, 0) is 25.0 Å². The van der Waals surface area contributed by atoms with Gasteiger partial charge in [0.1, 0.15) is 0 Å². The van der Waals surface area contributed by atoms with Gasteiger partial charge < -0.3 is 19.8 Å². The van der Waals surface area contributed by atoms with Crippen molar-refractivity contribution in [1.82, 2.24) is 9.97 Å². The zero-order valence-electron chi connectivity index (χ0n) is 15.3. The first kappa shape index (κ1) is 19.8. The van der Waals surface area contributed by atoms with Crippen molar-refractivity contribution in [2.24, 2.45) is 0 Å². The number of nitrogens with zero attached hydrogens (tertiary/aromatic N) is 1. The van der Waals surface area contributed by atoms with E-state index in [0.717, 1.165) is 0 Å². The number of methoxy groups -OCH3 is 2. The second kappa shape index (κ2) is 9.28. The topological polar surface area (TPSA) is 93.3 Å². The van der Waals surface area contributed by atoms with Gasteiger partial charge in [-0.2, -0.15) is 0 Å². The first-order chi connectivity index (χ1) is 12.5. The number of rotatable bonds is 8. The van der Waals surface area contributed by atoms with Gasteiger partial charge in [0.05, 0.1) is 19.5 Å². The monoisotopic (exact) mass is 377 g/mol. The highest BCUT2D eigenvalue weighted by Crippen LogP contribution is 2.30. The van der Waals surface area contributed by atoms with E-state index in [-0.39, 0.29) is 11.5 Å². The summed E-state index contributed by atoms with van der Waals surface area (Å²) in [4.78, 5) is 31.4. The Morgan fingerprint density at radius 3 is 2.58 bits per heavy atom. The molecule has 0 spiro atoms. The Morgan fingerprint density at radius 1 is 1.23 bits per heavy atom. The molecule has 1 amide bonds. The number of hydrogen-bond acceptors (Lipinski definition) is 6. The quantitative estimate of drug-likeness (QED) is 0.543. The van der Waals surface area contributed by atoms with Gasteiger partial charge >= 0.3 is 0 Å². The normalized spacial score (nSPS) is 11.7. The van der Waals surface area contributed by atoms with Crippen molar-refractivity contribution in [1.29, 1.82) is 0 Å². The summed E-state index contributed by atoms with van der Waals surface area (Å²) in [6, 6.07) is 6.64. The van der Waals surface area contributed by atoms with E-state index in [9.17, 15) is 9.59 Å². The largest absolute Gasteiger partial charge is 0.493 e. The maximum atomic E-state index is 12.6. The van der Waals surface area contributed by atoms with E-state index in [1.54, 1.807) is 25.3 Å². The van der Waals surface area contributed by atoms with E-state index in [1.807, 2.05) is 13.8 Å². The van der Waals surface area contributed by atoms with E-state index in [1.165, 1.54) is 24.9 Å². The number of thioether (sulfide) groups is 1. The molecule has 0 aliphatic carbocycles. The Kier molecular flexibility index (Phi) is 7.08. The van der Waals surface area contributed by atoms with Crippen LogP contribution in [-0.4, -0.2) is 35.3 Å². The number of aromatic amines is 1. The summed E-state index contributed by atoms with van der Waals surface area (Å²) in [6.07, 6.45) is 1.25. The lowest BCUT2D eigenvalue weighted by atomic mass is 10.2. The van der Waals surface area contributed by atoms with Crippen LogP contribution in [0.15, 0.2) is 34.2 Å². The van der Waals surface area contributed by atoms with Crippen LogP contribution in [0.4, 0.5) is 5.69 Å². The zero-order valence-corrected chi connectivity index (χ0v) is 16.1. The summed E-state index contributed by atoms with van der Waals surface area (Å²) in [7, 11) is 3.09. The predicted molar refractivity (Wildman–Crippen MR) is 102 cm³/mol. The SMILES string of the molecule is CCc1cc(=O)[nH]c(SC(CC)C(=O)Nc2ccc(OC)c(OC)c2)n1. The van der Waals surface area contributed by atoms with Gasteiger partial charge in [-0.3, -0.25) is 9.59 Å². The number of aromatic nitrogens is 2. The molecule has 8 heteroatoms. The molecule has 0 radical (unpaired) electrons. The molecule has 1 aromatic carbocycles. The molecule has 0 aliphatic heterocycles. The van der Waals surface area contributed by atoms with E-state index in [0.29, 0.717) is 40.9 Å². The van der Waals surface area contributed by atoms with Crippen LogP contribution < -0.4 is 20.3 Å². The highest BCUT2D eigenvalue weighted by Gasteiger charge is 2.20. The molecule has 0 saturated heterocycles. The summed E-state index contributed by atoms with van der Waals surface area (Å²) in [5.41, 5.74) is 1.09. The van der Waals surface area contributed by atoms with Crippen LogP contribution >= 0.6 is 11.8 Å². The molecule has 26 heavy (non-hydrogen) atoms. The van der Waals surface area contributed by atoms with E-state index in [4.69, 9.17) is 9.47 Å². The average Bonchev–Trinajstić information content (AvgIpc) is 2.65. The minimum Gasteiger partial charge on any atom is -0.493 e. The molecular weight excluding hydrogens is 354 g/mol. The number of anilines is 1. The number of amides is 1. The number of carbonyl (C=O) groups is 1. The number of carbonyl (C=O) groups excluding carboxylic acids is 1. The predicted octanol–water partition coefficient (Wildman–Crippen LogP) is 2.86. The van der Waals surface area contributed by atoms with Gasteiger partial charge in [0, 0.05) is 23.5 Å². The van der Waals surface area contributed by atoms with Crippen molar-refractivity contribution < 1.29 is 14.3 Å². The number of benzene rings is 1. The van der Waals surface area contributed by atoms with Crippen LogP contribution in [0, 0.1) is 0 Å². The van der Waals surface area contributed by atoms with Crippen molar-refractivity contribution in [2.45, 2.75) is 37.1 Å².